The van der Waals surface area contributed by atoms with E-state index in [-0.39, 0.29) is 6.10 Å². The third kappa shape index (κ3) is 6.73. The number of rotatable bonds is 12. The van der Waals surface area contributed by atoms with Crippen molar-refractivity contribution in [2.75, 3.05) is 6.61 Å². The smallest absolute Gasteiger partial charge is 0.200 e. The van der Waals surface area contributed by atoms with Gasteiger partial charge in [0.1, 0.15) is 6.10 Å². The van der Waals surface area contributed by atoms with Crippen LogP contribution in [0.2, 0.25) is 16.6 Å². The molecule has 0 fully saturated rings. The molecule has 1 aromatic carbocycles. The fraction of sp³-hybridized carbons (Fsp3) is 0.724. The molecule has 0 saturated heterocycles. The Bertz CT molecular complexity index is 678. The Kier molecular flexibility index (Phi) is 11.2. The summed E-state index contributed by atoms with van der Waals surface area (Å²) in [5, 5.41) is 0. The number of hydrogen-bond donors (Lipinski definition) is 0. The van der Waals surface area contributed by atoms with Crippen molar-refractivity contribution in [2.24, 2.45) is 0 Å². The molecule has 0 aromatic heterocycles. The van der Waals surface area contributed by atoms with Gasteiger partial charge in [-0.1, -0.05) is 95.2 Å². The first-order valence-electron chi connectivity index (χ1n) is 12.9. The van der Waals surface area contributed by atoms with Gasteiger partial charge in [0.2, 0.25) is 8.32 Å². The second-order valence-electron chi connectivity index (χ2n) is 11.4. The summed E-state index contributed by atoms with van der Waals surface area (Å²) in [4.78, 5) is 0. The molecule has 0 aliphatic carbocycles. The maximum atomic E-state index is 6.64. The Hall–Kier alpha value is -1.06. The van der Waals surface area contributed by atoms with E-state index in [9.17, 15) is 0 Å². The maximum absolute atomic E-state index is 6.64. The topological polar surface area (TPSA) is 18.5 Å². The van der Waals surface area contributed by atoms with Crippen LogP contribution >= 0.6 is 0 Å². The lowest BCUT2D eigenvalue weighted by molar-refractivity contribution is 0.159. The fourth-order valence-corrected chi connectivity index (χ4v) is 10.8. The van der Waals surface area contributed by atoms with Crippen molar-refractivity contribution in [3.05, 3.63) is 46.7 Å². The molecule has 0 bridgehead atoms. The predicted molar refractivity (Wildman–Crippen MR) is 144 cm³/mol. The summed E-state index contributed by atoms with van der Waals surface area (Å²) in [5.41, 5.74) is 7.41. The van der Waals surface area contributed by atoms with Gasteiger partial charge < -0.3 is 9.16 Å². The number of ether oxygens (including phenoxy) is 1. The lowest BCUT2D eigenvalue weighted by Crippen LogP contribution is -2.47. The average molecular weight is 461 g/mol. The zero-order valence-corrected chi connectivity index (χ0v) is 24.4. The molecular weight excluding hydrogens is 408 g/mol. The second-order valence-corrected chi connectivity index (χ2v) is 16.8. The van der Waals surface area contributed by atoms with Gasteiger partial charge in [0.25, 0.3) is 0 Å². The van der Waals surface area contributed by atoms with Crippen molar-refractivity contribution >= 4 is 8.32 Å². The third-order valence-corrected chi connectivity index (χ3v) is 13.2. The van der Waals surface area contributed by atoms with Gasteiger partial charge in [0.05, 0.1) is 12.9 Å². The lowest BCUT2D eigenvalue weighted by atomic mass is 9.82. The standard InChI is InChI=1S/C29H52O2Si/c1-19(2)26-17-27(20(3)4)29(28(18-26)21(5)6)25(13)30-15-14-16-31-32(22(7)8,23(9)10)24(11)12/h14-15,17-25H,16H2,1-13H3/b15-14-. The van der Waals surface area contributed by atoms with Crippen LogP contribution in [0, 0.1) is 0 Å². The van der Waals surface area contributed by atoms with Gasteiger partial charge in [-0.2, -0.15) is 0 Å². The quantitative estimate of drug-likeness (QED) is 0.228. The highest BCUT2D eigenvalue weighted by atomic mass is 28.4. The Balaban J connectivity index is 3.08. The second kappa shape index (κ2) is 12.4. The highest BCUT2D eigenvalue weighted by Crippen LogP contribution is 2.42. The van der Waals surface area contributed by atoms with E-state index < -0.39 is 8.32 Å². The van der Waals surface area contributed by atoms with E-state index in [2.05, 4.69) is 108 Å². The minimum Gasteiger partial charge on any atom is -0.494 e. The van der Waals surface area contributed by atoms with Crippen molar-refractivity contribution in [3.63, 3.8) is 0 Å². The van der Waals surface area contributed by atoms with Crippen LogP contribution < -0.4 is 0 Å². The van der Waals surface area contributed by atoms with Crippen molar-refractivity contribution in [1.82, 2.24) is 0 Å². The predicted octanol–water partition coefficient (Wildman–Crippen LogP) is 9.84. The SMILES string of the molecule is CC(C)c1cc(C(C)C)c(C(C)O/C=C\CO[Si](C(C)C)(C(C)C)C(C)C)c(C(C)C)c1. The zero-order chi connectivity index (χ0) is 24.8. The van der Waals surface area contributed by atoms with Crippen LogP contribution in [0.1, 0.15) is 136 Å². The van der Waals surface area contributed by atoms with Gasteiger partial charge in [-0.15, -0.1) is 0 Å². The summed E-state index contributed by atoms with van der Waals surface area (Å²) in [5.74, 6) is 1.46. The minimum absolute atomic E-state index is 0.0181. The van der Waals surface area contributed by atoms with Crippen molar-refractivity contribution in [3.8, 4) is 0 Å². The van der Waals surface area contributed by atoms with E-state index in [4.69, 9.17) is 9.16 Å². The van der Waals surface area contributed by atoms with Crippen molar-refractivity contribution in [1.29, 1.82) is 0 Å². The van der Waals surface area contributed by atoms with Crippen LogP contribution in [0.4, 0.5) is 0 Å². The summed E-state index contributed by atoms with van der Waals surface area (Å²) in [6.07, 6.45) is 3.96. The molecule has 2 nitrogen and oxygen atoms in total. The summed E-state index contributed by atoms with van der Waals surface area (Å²) in [6, 6.07) is 4.80. The van der Waals surface area contributed by atoms with E-state index in [1.165, 1.54) is 22.3 Å². The molecule has 1 aromatic rings. The Morgan fingerprint density at radius 3 is 1.47 bits per heavy atom. The fourth-order valence-electron chi connectivity index (χ4n) is 5.45. The van der Waals surface area contributed by atoms with Crippen LogP contribution in [0.15, 0.2) is 24.5 Å². The van der Waals surface area contributed by atoms with Crippen LogP contribution in [-0.4, -0.2) is 14.9 Å². The molecule has 1 atom stereocenters. The molecule has 32 heavy (non-hydrogen) atoms. The maximum Gasteiger partial charge on any atom is 0.200 e. The highest BCUT2D eigenvalue weighted by Gasteiger charge is 2.44. The molecule has 0 aliphatic rings. The van der Waals surface area contributed by atoms with Gasteiger partial charge in [-0.05, 0) is 69.6 Å². The van der Waals surface area contributed by atoms with Gasteiger partial charge >= 0.3 is 0 Å². The summed E-state index contributed by atoms with van der Waals surface area (Å²) < 4.78 is 12.9. The number of hydrogen-bond acceptors (Lipinski definition) is 2. The van der Waals surface area contributed by atoms with E-state index >= 15 is 0 Å². The highest BCUT2D eigenvalue weighted by molar-refractivity contribution is 6.77. The van der Waals surface area contributed by atoms with E-state index in [1.54, 1.807) is 0 Å². The van der Waals surface area contributed by atoms with E-state index in [1.807, 2.05) is 6.26 Å². The molecule has 1 unspecified atom stereocenters. The summed E-state index contributed by atoms with van der Waals surface area (Å²) in [6.45, 7) is 30.5. The molecule has 0 radical (unpaired) electrons. The minimum atomic E-state index is -1.84. The van der Waals surface area contributed by atoms with Crippen LogP contribution in [0.3, 0.4) is 0 Å². The summed E-state index contributed by atoms with van der Waals surface area (Å²) in [7, 11) is -1.84. The normalized spacial score (nSPS) is 14.2. The first kappa shape index (κ1) is 29.0. The van der Waals surface area contributed by atoms with Crippen molar-refractivity contribution < 1.29 is 9.16 Å². The average Bonchev–Trinajstić information content (AvgIpc) is 2.68. The van der Waals surface area contributed by atoms with Crippen LogP contribution in [-0.2, 0) is 9.16 Å². The molecule has 0 N–H and O–H groups in total. The molecule has 0 heterocycles. The zero-order valence-electron chi connectivity index (χ0n) is 23.4. The summed E-state index contributed by atoms with van der Waals surface area (Å²) >= 11 is 0. The van der Waals surface area contributed by atoms with Gasteiger partial charge in [0.15, 0.2) is 0 Å². The Labute approximate surface area is 201 Å². The lowest BCUT2D eigenvalue weighted by Gasteiger charge is -2.41. The van der Waals surface area contributed by atoms with Gasteiger partial charge in [-0.3, -0.25) is 0 Å². The first-order valence-corrected chi connectivity index (χ1v) is 15.0. The molecule has 184 valence electrons. The molecule has 3 heteroatoms. The van der Waals surface area contributed by atoms with Crippen LogP contribution in [0.5, 0.6) is 0 Å². The van der Waals surface area contributed by atoms with Crippen LogP contribution in [0.25, 0.3) is 0 Å². The van der Waals surface area contributed by atoms with E-state index in [0.717, 1.165) is 0 Å². The molecule has 0 amide bonds. The largest absolute Gasteiger partial charge is 0.494 e. The van der Waals surface area contributed by atoms with Crippen molar-refractivity contribution in [2.45, 2.75) is 130 Å². The van der Waals surface area contributed by atoms with E-state index in [0.29, 0.717) is 41.0 Å². The molecule has 0 spiro atoms. The van der Waals surface area contributed by atoms with Gasteiger partial charge in [-0.25, -0.2) is 0 Å². The molecule has 1 rings (SSSR count). The van der Waals surface area contributed by atoms with Gasteiger partial charge in [0, 0.05) is 0 Å². The Morgan fingerprint density at radius 2 is 1.12 bits per heavy atom. The number of benzene rings is 1. The molecule has 0 aliphatic heterocycles. The Morgan fingerprint density at radius 1 is 0.688 bits per heavy atom. The molecular formula is C29H52O2Si. The first-order chi connectivity index (χ1) is 14.8. The third-order valence-electron chi connectivity index (χ3n) is 7.10. The molecule has 0 saturated carbocycles. The monoisotopic (exact) mass is 460 g/mol.